The number of likely N-dealkylation sites (tertiary alicyclic amines) is 1. The van der Waals surface area contributed by atoms with E-state index in [1.807, 2.05) is 12.3 Å². The van der Waals surface area contributed by atoms with Crippen LogP contribution in [0.4, 0.5) is 0 Å². The molecule has 0 radical (unpaired) electrons. The van der Waals surface area contributed by atoms with Crippen molar-refractivity contribution in [1.29, 1.82) is 0 Å². The molecule has 2 heterocycles. The highest BCUT2D eigenvalue weighted by Gasteiger charge is 2.22. The van der Waals surface area contributed by atoms with E-state index in [-0.39, 0.29) is 0 Å². The highest BCUT2D eigenvalue weighted by atomic mass is 16.5. The predicted octanol–water partition coefficient (Wildman–Crippen LogP) is 2.70. The Bertz CT molecular complexity index is 555. The highest BCUT2D eigenvalue weighted by Crippen LogP contribution is 2.20. The Morgan fingerprint density at radius 3 is 3.21 bits per heavy atom. The molecule has 100 valence electrons. The van der Waals surface area contributed by atoms with Crippen molar-refractivity contribution in [2.24, 2.45) is 5.92 Å². The smallest absolute Gasteiger partial charge is 0.0702 e. The number of aromatic nitrogens is 1. The SMILES string of the molecule is COC[C@H]1CCN(Cc2ccc3ncccc3c2)C1. The van der Waals surface area contributed by atoms with Gasteiger partial charge in [-0.05, 0) is 42.6 Å². The number of ether oxygens (including phenoxy) is 1. The molecule has 1 aromatic carbocycles. The number of hydrogen-bond acceptors (Lipinski definition) is 3. The fourth-order valence-corrected chi connectivity index (χ4v) is 2.91. The van der Waals surface area contributed by atoms with Crippen molar-refractivity contribution in [1.82, 2.24) is 9.88 Å². The summed E-state index contributed by atoms with van der Waals surface area (Å²) in [6, 6.07) is 10.7. The van der Waals surface area contributed by atoms with E-state index in [9.17, 15) is 0 Å². The third-order valence-electron chi connectivity index (χ3n) is 3.85. The van der Waals surface area contributed by atoms with E-state index in [2.05, 4.69) is 34.1 Å². The zero-order valence-electron chi connectivity index (χ0n) is 11.4. The Hall–Kier alpha value is -1.45. The molecule has 0 amide bonds. The molecule has 1 saturated heterocycles. The Balaban J connectivity index is 1.68. The monoisotopic (exact) mass is 256 g/mol. The van der Waals surface area contributed by atoms with E-state index in [0.29, 0.717) is 5.92 Å². The van der Waals surface area contributed by atoms with E-state index in [0.717, 1.165) is 25.2 Å². The van der Waals surface area contributed by atoms with Crippen molar-refractivity contribution in [3.8, 4) is 0 Å². The van der Waals surface area contributed by atoms with Gasteiger partial charge in [0.25, 0.3) is 0 Å². The number of pyridine rings is 1. The molecule has 0 N–H and O–H groups in total. The van der Waals surface area contributed by atoms with Crippen molar-refractivity contribution >= 4 is 10.9 Å². The Labute approximate surface area is 114 Å². The van der Waals surface area contributed by atoms with Crippen molar-refractivity contribution < 1.29 is 4.74 Å². The predicted molar refractivity (Wildman–Crippen MR) is 77.0 cm³/mol. The summed E-state index contributed by atoms with van der Waals surface area (Å²) in [5.74, 6) is 0.701. The average molecular weight is 256 g/mol. The Kier molecular flexibility index (Phi) is 3.76. The summed E-state index contributed by atoms with van der Waals surface area (Å²) >= 11 is 0. The molecule has 1 aliphatic rings. The molecule has 19 heavy (non-hydrogen) atoms. The lowest BCUT2D eigenvalue weighted by Crippen LogP contribution is -2.21. The summed E-state index contributed by atoms with van der Waals surface area (Å²) < 4.78 is 5.25. The lowest BCUT2D eigenvalue weighted by molar-refractivity contribution is 0.152. The lowest BCUT2D eigenvalue weighted by Gasteiger charge is -2.16. The molecule has 1 fully saturated rings. The number of fused-ring (bicyclic) bond motifs is 1. The van der Waals surface area contributed by atoms with Gasteiger partial charge in [-0.1, -0.05) is 12.1 Å². The van der Waals surface area contributed by atoms with E-state index < -0.39 is 0 Å². The second-order valence-electron chi connectivity index (χ2n) is 5.38. The molecule has 3 rings (SSSR count). The van der Waals surface area contributed by atoms with E-state index in [1.165, 1.54) is 23.9 Å². The molecule has 0 bridgehead atoms. The first-order valence-corrected chi connectivity index (χ1v) is 6.90. The zero-order valence-corrected chi connectivity index (χ0v) is 11.4. The normalized spacial score (nSPS) is 20.2. The van der Waals surface area contributed by atoms with Crippen LogP contribution in [0.5, 0.6) is 0 Å². The Morgan fingerprint density at radius 2 is 2.32 bits per heavy atom. The fourth-order valence-electron chi connectivity index (χ4n) is 2.91. The van der Waals surface area contributed by atoms with Crippen molar-refractivity contribution in [3.05, 3.63) is 42.1 Å². The number of benzene rings is 1. The molecule has 0 spiro atoms. The first-order valence-electron chi connectivity index (χ1n) is 6.90. The van der Waals surface area contributed by atoms with Crippen molar-refractivity contribution in [2.45, 2.75) is 13.0 Å². The van der Waals surface area contributed by atoms with Crippen LogP contribution in [0, 0.1) is 5.92 Å². The number of rotatable bonds is 4. The van der Waals surface area contributed by atoms with E-state index >= 15 is 0 Å². The minimum atomic E-state index is 0.701. The molecule has 1 aliphatic heterocycles. The van der Waals surface area contributed by atoms with Crippen molar-refractivity contribution in [3.63, 3.8) is 0 Å². The van der Waals surface area contributed by atoms with Gasteiger partial charge in [0.05, 0.1) is 12.1 Å². The topological polar surface area (TPSA) is 25.4 Å². The summed E-state index contributed by atoms with van der Waals surface area (Å²) in [5, 5.41) is 1.23. The molecule has 3 nitrogen and oxygen atoms in total. The molecule has 0 saturated carbocycles. The molecule has 0 unspecified atom stereocenters. The maximum absolute atomic E-state index is 5.25. The van der Waals surface area contributed by atoms with E-state index in [4.69, 9.17) is 4.74 Å². The maximum atomic E-state index is 5.25. The fraction of sp³-hybridized carbons (Fsp3) is 0.438. The minimum absolute atomic E-state index is 0.701. The van der Waals surface area contributed by atoms with Gasteiger partial charge in [-0.3, -0.25) is 9.88 Å². The Morgan fingerprint density at radius 1 is 1.37 bits per heavy atom. The van der Waals surface area contributed by atoms with Crippen LogP contribution >= 0.6 is 0 Å². The summed E-state index contributed by atoms with van der Waals surface area (Å²) in [5.41, 5.74) is 2.45. The summed E-state index contributed by atoms with van der Waals surface area (Å²) in [6.45, 7) is 4.25. The molecule has 2 aromatic rings. The zero-order chi connectivity index (χ0) is 13.1. The highest BCUT2D eigenvalue weighted by molar-refractivity contribution is 5.78. The van der Waals surface area contributed by atoms with Crippen LogP contribution in [-0.4, -0.2) is 36.7 Å². The number of hydrogen-bond donors (Lipinski definition) is 0. The van der Waals surface area contributed by atoms with Crippen LogP contribution in [0.15, 0.2) is 36.5 Å². The largest absolute Gasteiger partial charge is 0.384 e. The molecule has 1 atom stereocenters. The van der Waals surface area contributed by atoms with Gasteiger partial charge in [0.1, 0.15) is 0 Å². The van der Waals surface area contributed by atoms with Crippen LogP contribution in [-0.2, 0) is 11.3 Å². The van der Waals surface area contributed by atoms with Crippen LogP contribution in [0.3, 0.4) is 0 Å². The standard InChI is InChI=1S/C16H20N2O/c1-19-12-14-6-8-18(11-14)10-13-4-5-16-15(9-13)3-2-7-17-16/h2-5,7,9,14H,6,8,10-12H2,1H3/t14-/m0/s1. The van der Waals surface area contributed by atoms with Crippen molar-refractivity contribution in [2.75, 3.05) is 26.8 Å². The summed E-state index contributed by atoms with van der Waals surface area (Å²) in [7, 11) is 1.79. The van der Waals surface area contributed by atoms with Gasteiger partial charge in [0.2, 0.25) is 0 Å². The third-order valence-corrected chi connectivity index (χ3v) is 3.85. The third kappa shape index (κ3) is 2.94. The maximum Gasteiger partial charge on any atom is 0.0702 e. The first kappa shape index (κ1) is 12.6. The van der Waals surface area contributed by atoms with E-state index in [1.54, 1.807) is 7.11 Å². The van der Waals surface area contributed by atoms with Gasteiger partial charge in [-0.2, -0.15) is 0 Å². The molecule has 0 aliphatic carbocycles. The minimum Gasteiger partial charge on any atom is -0.384 e. The van der Waals surface area contributed by atoms with Crippen LogP contribution < -0.4 is 0 Å². The van der Waals surface area contributed by atoms with Gasteiger partial charge < -0.3 is 4.74 Å². The molecule has 1 aromatic heterocycles. The van der Waals surface area contributed by atoms with Crippen LogP contribution in [0.2, 0.25) is 0 Å². The molecule has 3 heteroatoms. The van der Waals surface area contributed by atoms with Gasteiger partial charge in [0, 0.05) is 31.8 Å². The summed E-state index contributed by atoms with van der Waals surface area (Å²) in [6.07, 6.45) is 3.10. The molecular formula is C16H20N2O. The quantitative estimate of drug-likeness (QED) is 0.841. The summed E-state index contributed by atoms with van der Waals surface area (Å²) in [4.78, 5) is 6.88. The number of methoxy groups -OCH3 is 1. The van der Waals surface area contributed by atoms with Crippen LogP contribution in [0.1, 0.15) is 12.0 Å². The second kappa shape index (κ2) is 5.68. The van der Waals surface area contributed by atoms with Crippen LogP contribution in [0.25, 0.3) is 10.9 Å². The van der Waals surface area contributed by atoms with Gasteiger partial charge in [-0.15, -0.1) is 0 Å². The van der Waals surface area contributed by atoms with Gasteiger partial charge in [0.15, 0.2) is 0 Å². The molecular weight excluding hydrogens is 236 g/mol. The first-order chi connectivity index (χ1) is 9.35. The second-order valence-corrected chi connectivity index (χ2v) is 5.38. The van der Waals surface area contributed by atoms with Gasteiger partial charge in [-0.25, -0.2) is 0 Å². The number of nitrogens with zero attached hydrogens (tertiary/aromatic N) is 2. The lowest BCUT2D eigenvalue weighted by atomic mass is 10.1. The average Bonchev–Trinajstić information content (AvgIpc) is 2.86. The van der Waals surface area contributed by atoms with Gasteiger partial charge >= 0.3 is 0 Å².